The van der Waals surface area contributed by atoms with Gasteiger partial charge in [-0.25, -0.2) is 0 Å². The number of hydrogen-bond donors (Lipinski definition) is 2. The summed E-state index contributed by atoms with van der Waals surface area (Å²) >= 11 is 0. The quantitative estimate of drug-likeness (QED) is 0.776. The second kappa shape index (κ2) is 5.30. The van der Waals surface area contributed by atoms with Gasteiger partial charge in [0.05, 0.1) is 0 Å². The van der Waals surface area contributed by atoms with Crippen LogP contribution in [0, 0.1) is 6.92 Å². The van der Waals surface area contributed by atoms with Gasteiger partial charge in [0, 0.05) is 13.3 Å². The van der Waals surface area contributed by atoms with Crippen LogP contribution in [0.4, 0.5) is 0 Å². The van der Waals surface area contributed by atoms with Crippen LogP contribution >= 0.6 is 0 Å². The minimum Gasteiger partial charge on any atom is -0.368 e. The van der Waals surface area contributed by atoms with Crippen molar-refractivity contribution in [2.75, 3.05) is 0 Å². The topological polar surface area (TPSA) is 72.2 Å². The Morgan fingerprint density at radius 1 is 1.38 bits per heavy atom. The van der Waals surface area contributed by atoms with Crippen LogP contribution in [0.3, 0.4) is 0 Å². The van der Waals surface area contributed by atoms with Crippen molar-refractivity contribution < 1.29 is 9.59 Å². The fourth-order valence-electron chi connectivity index (χ4n) is 1.53. The number of amides is 2. The molecule has 4 nitrogen and oxygen atoms in total. The molecule has 2 amide bonds. The second-order valence-corrected chi connectivity index (χ2v) is 3.79. The third kappa shape index (κ3) is 3.38. The Morgan fingerprint density at radius 2 is 2.00 bits per heavy atom. The van der Waals surface area contributed by atoms with Crippen molar-refractivity contribution in [2.24, 2.45) is 5.73 Å². The van der Waals surface area contributed by atoms with E-state index in [2.05, 4.69) is 5.32 Å². The molecule has 0 aliphatic rings. The summed E-state index contributed by atoms with van der Waals surface area (Å²) < 4.78 is 0. The highest BCUT2D eigenvalue weighted by atomic mass is 16.2. The average Bonchev–Trinajstić information content (AvgIpc) is 2.19. The summed E-state index contributed by atoms with van der Waals surface area (Å²) in [4.78, 5) is 22.1. The Kier molecular flexibility index (Phi) is 4.05. The molecule has 1 rings (SSSR count). The number of benzene rings is 1. The van der Waals surface area contributed by atoms with Gasteiger partial charge in [0.25, 0.3) is 0 Å². The molecule has 0 spiro atoms. The maximum atomic E-state index is 11.2. The molecule has 0 aromatic heterocycles. The summed E-state index contributed by atoms with van der Waals surface area (Å²) in [6.07, 6.45) is 0.432. The first kappa shape index (κ1) is 12.2. The summed E-state index contributed by atoms with van der Waals surface area (Å²) in [5, 5.41) is 2.54. The zero-order valence-electron chi connectivity index (χ0n) is 9.49. The average molecular weight is 220 g/mol. The van der Waals surface area contributed by atoms with E-state index in [1.165, 1.54) is 6.92 Å². The van der Waals surface area contributed by atoms with E-state index in [1.54, 1.807) is 0 Å². The smallest absolute Gasteiger partial charge is 0.240 e. The molecule has 1 aromatic carbocycles. The van der Waals surface area contributed by atoms with E-state index in [1.807, 2.05) is 31.2 Å². The SMILES string of the molecule is CC(=O)N[C@H](Cc1ccccc1C)C(N)=O. The third-order valence-electron chi connectivity index (χ3n) is 2.41. The van der Waals surface area contributed by atoms with Gasteiger partial charge >= 0.3 is 0 Å². The third-order valence-corrected chi connectivity index (χ3v) is 2.41. The first-order valence-corrected chi connectivity index (χ1v) is 5.11. The lowest BCUT2D eigenvalue weighted by Gasteiger charge is -2.15. The molecule has 4 heteroatoms. The minimum absolute atomic E-state index is 0.252. The van der Waals surface area contributed by atoms with Crippen molar-refractivity contribution in [1.82, 2.24) is 5.32 Å². The van der Waals surface area contributed by atoms with E-state index in [-0.39, 0.29) is 5.91 Å². The van der Waals surface area contributed by atoms with Crippen molar-refractivity contribution in [3.05, 3.63) is 35.4 Å². The van der Waals surface area contributed by atoms with E-state index < -0.39 is 11.9 Å². The highest BCUT2D eigenvalue weighted by molar-refractivity contribution is 5.85. The zero-order chi connectivity index (χ0) is 12.1. The number of nitrogens with one attached hydrogen (secondary N) is 1. The van der Waals surface area contributed by atoms with Gasteiger partial charge in [0.15, 0.2) is 0 Å². The molecule has 16 heavy (non-hydrogen) atoms. The summed E-state index contributed by atoms with van der Waals surface area (Å²) in [6.45, 7) is 3.33. The predicted molar refractivity (Wildman–Crippen MR) is 61.7 cm³/mol. The lowest BCUT2D eigenvalue weighted by molar-refractivity contribution is -0.126. The fraction of sp³-hybridized carbons (Fsp3) is 0.333. The standard InChI is InChI=1S/C12H16N2O2/c1-8-5-3-4-6-10(8)7-11(12(13)16)14-9(2)15/h3-6,11H,7H2,1-2H3,(H2,13,16)(H,14,15)/t11-/m1/s1. The second-order valence-electron chi connectivity index (χ2n) is 3.79. The van der Waals surface area contributed by atoms with E-state index in [0.717, 1.165) is 11.1 Å². The van der Waals surface area contributed by atoms with E-state index in [9.17, 15) is 9.59 Å². The van der Waals surface area contributed by atoms with Crippen LogP contribution in [0.2, 0.25) is 0 Å². The van der Waals surface area contributed by atoms with Gasteiger partial charge < -0.3 is 11.1 Å². The molecule has 0 saturated carbocycles. The number of aryl methyl sites for hydroxylation is 1. The largest absolute Gasteiger partial charge is 0.368 e. The van der Waals surface area contributed by atoms with Crippen LogP contribution in [0.5, 0.6) is 0 Å². The number of primary amides is 1. The predicted octanol–water partition coefficient (Wildman–Crippen LogP) is 0.528. The van der Waals surface area contributed by atoms with Gasteiger partial charge in [-0.05, 0) is 18.1 Å². The van der Waals surface area contributed by atoms with Gasteiger partial charge in [-0.1, -0.05) is 24.3 Å². The van der Waals surface area contributed by atoms with Crippen molar-refractivity contribution in [2.45, 2.75) is 26.3 Å². The van der Waals surface area contributed by atoms with Gasteiger partial charge in [0.2, 0.25) is 11.8 Å². The summed E-state index contributed by atoms with van der Waals surface area (Å²) in [5.41, 5.74) is 7.33. The zero-order valence-corrected chi connectivity index (χ0v) is 9.49. The number of hydrogen-bond acceptors (Lipinski definition) is 2. The molecule has 86 valence electrons. The number of carbonyl (C=O) groups is 2. The van der Waals surface area contributed by atoms with Crippen molar-refractivity contribution >= 4 is 11.8 Å². The summed E-state index contributed by atoms with van der Waals surface area (Å²) in [5.74, 6) is -0.768. The molecule has 0 heterocycles. The Morgan fingerprint density at radius 3 is 2.50 bits per heavy atom. The number of rotatable bonds is 4. The van der Waals surface area contributed by atoms with Gasteiger partial charge in [0.1, 0.15) is 6.04 Å². The Hall–Kier alpha value is -1.84. The fourth-order valence-corrected chi connectivity index (χ4v) is 1.53. The Bertz CT molecular complexity index is 402. The number of carbonyl (C=O) groups excluding carboxylic acids is 2. The lowest BCUT2D eigenvalue weighted by Crippen LogP contribution is -2.45. The Labute approximate surface area is 94.8 Å². The van der Waals surface area contributed by atoms with Crippen LogP contribution in [0.1, 0.15) is 18.1 Å². The first-order chi connectivity index (χ1) is 7.50. The molecule has 0 bridgehead atoms. The number of nitrogens with two attached hydrogens (primary N) is 1. The molecular weight excluding hydrogens is 204 g/mol. The van der Waals surface area contributed by atoms with Crippen LogP contribution in [-0.2, 0) is 16.0 Å². The highest BCUT2D eigenvalue weighted by Gasteiger charge is 2.17. The molecule has 1 aromatic rings. The van der Waals surface area contributed by atoms with Gasteiger partial charge in [-0.3, -0.25) is 9.59 Å². The molecule has 0 fully saturated rings. The van der Waals surface area contributed by atoms with E-state index in [4.69, 9.17) is 5.73 Å². The van der Waals surface area contributed by atoms with Crippen molar-refractivity contribution in [1.29, 1.82) is 0 Å². The van der Waals surface area contributed by atoms with E-state index in [0.29, 0.717) is 6.42 Å². The monoisotopic (exact) mass is 220 g/mol. The maximum absolute atomic E-state index is 11.2. The van der Waals surface area contributed by atoms with Crippen LogP contribution < -0.4 is 11.1 Å². The maximum Gasteiger partial charge on any atom is 0.240 e. The molecule has 0 aliphatic carbocycles. The van der Waals surface area contributed by atoms with Crippen LogP contribution in [0.15, 0.2) is 24.3 Å². The molecule has 0 aliphatic heterocycles. The molecule has 1 atom stereocenters. The normalized spacial score (nSPS) is 11.9. The molecule has 0 radical (unpaired) electrons. The molecule has 0 unspecified atom stereocenters. The Balaban J connectivity index is 2.80. The molecule has 0 saturated heterocycles. The van der Waals surface area contributed by atoms with Gasteiger partial charge in [-0.15, -0.1) is 0 Å². The molecule has 3 N–H and O–H groups in total. The van der Waals surface area contributed by atoms with Crippen LogP contribution in [0.25, 0.3) is 0 Å². The summed E-state index contributed by atoms with van der Waals surface area (Å²) in [7, 11) is 0. The highest BCUT2D eigenvalue weighted by Crippen LogP contribution is 2.09. The van der Waals surface area contributed by atoms with Gasteiger partial charge in [-0.2, -0.15) is 0 Å². The lowest BCUT2D eigenvalue weighted by atomic mass is 10.0. The first-order valence-electron chi connectivity index (χ1n) is 5.11. The summed E-state index contributed by atoms with van der Waals surface area (Å²) in [6, 6.07) is 7.07. The van der Waals surface area contributed by atoms with Crippen LogP contribution in [-0.4, -0.2) is 17.9 Å². The minimum atomic E-state index is -0.640. The van der Waals surface area contributed by atoms with Crippen molar-refractivity contribution in [3.63, 3.8) is 0 Å². The van der Waals surface area contributed by atoms with Crippen molar-refractivity contribution in [3.8, 4) is 0 Å². The molecular formula is C12H16N2O2. The van der Waals surface area contributed by atoms with E-state index >= 15 is 0 Å².